The Morgan fingerprint density at radius 2 is 2.14 bits per heavy atom. The molecule has 21 heavy (non-hydrogen) atoms. The van der Waals surface area contributed by atoms with E-state index in [1.807, 2.05) is 0 Å². The van der Waals surface area contributed by atoms with Crippen LogP contribution in [-0.2, 0) is 20.7 Å². The number of carboxylic acid groups (broad SMARTS) is 1. The summed E-state index contributed by atoms with van der Waals surface area (Å²) in [4.78, 5) is 28.2. The molecule has 0 spiro atoms. The highest BCUT2D eigenvalue weighted by Crippen LogP contribution is 2.44. The summed E-state index contributed by atoms with van der Waals surface area (Å²) >= 11 is 6.08. The molecule has 0 radical (unpaired) electrons. The molecule has 0 aliphatic heterocycles. The van der Waals surface area contributed by atoms with Gasteiger partial charge >= 0.3 is 11.9 Å². The number of rotatable bonds is 5. The molecule has 1 saturated carbocycles. The highest BCUT2D eigenvalue weighted by atomic mass is 35.5. The van der Waals surface area contributed by atoms with Gasteiger partial charge in [0.1, 0.15) is 0 Å². The summed E-state index contributed by atoms with van der Waals surface area (Å²) in [6.45, 7) is 0. The number of aromatic nitrogens is 1. The Kier molecular flexibility index (Phi) is 4.83. The summed E-state index contributed by atoms with van der Waals surface area (Å²) in [6.07, 6.45) is 6.31. The first-order valence-corrected chi connectivity index (χ1v) is 7.30. The molecule has 0 aromatic carbocycles. The van der Waals surface area contributed by atoms with E-state index in [-0.39, 0.29) is 12.3 Å². The number of pyridine rings is 1. The quantitative estimate of drug-likeness (QED) is 0.668. The van der Waals surface area contributed by atoms with Crippen LogP contribution in [0.1, 0.15) is 31.2 Å². The molecule has 2 rings (SSSR count). The van der Waals surface area contributed by atoms with E-state index in [9.17, 15) is 14.7 Å². The maximum Gasteiger partial charge on any atom is 0.323 e. The second-order valence-corrected chi connectivity index (χ2v) is 5.80. The van der Waals surface area contributed by atoms with Gasteiger partial charge in [-0.3, -0.25) is 14.6 Å². The maximum atomic E-state index is 12.3. The number of aliphatic carboxylic acids is 1. The molecule has 1 aliphatic rings. The van der Waals surface area contributed by atoms with E-state index in [0.717, 1.165) is 12.8 Å². The Morgan fingerprint density at radius 3 is 2.67 bits per heavy atom. The summed E-state index contributed by atoms with van der Waals surface area (Å²) in [6, 6.07) is 1.65. The van der Waals surface area contributed by atoms with Crippen LogP contribution in [0, 0.1) is 11.3 Å². The fourth-order valence-electron chi connectivity index (χ4n) is 3.17. The standard InChI is InChI=1S/C15H18ClNO4/c1-21-14(20)15(13(18)19,11-4-2-3-5-11)8-10-6-7-17-9-12(10)16/h6-7,9,11H,2-5,8H2,1H3,(H,18,19). The van der Waals surface area contributed by atoms with Crippen LogP contribution >= 0.6 is 11.6 Å². The van der Waals surface area contributed by atoms with E-state index >= 15 is 0 Å². The molecular formula is C15H18ClNO4. The minimum atomic E-state index is -1.57. The van der Waals surface area contributed by atoms with Gasteiger partial charge in [0.2, 0.25) is 0 Å². The van der Waals surface area contributed by atoms with Crippen molar-refractivity contribution in [2.45, 2.75) is 32.1 Å². The van der Waals surface area contributed by atoms with Gasteiger partial charge in [-0.15, -0.1) is 0 Å². The van der Waals surface area contributed by atoms with Crippen molar-refractivity contribution in [2.24, 2.45) is 11.3 Å². The van der Waals surface area contributed by atoms with Crippen molar-refractivity contribution >= 4 is 23.5 Å². The average molecular weight is 312 g/mol. The zero-order valence-corrected chi connectivity index (χ0v) is 12.6. The van der Waals surface area contributed by atoms with Crippen molar-refractivity contribution in [2.75, 3.05) is 7.11 Å². The van der Waals surface area contributed by atoms with Crippen molar-refractivity contribution in [3.63, 3.8) is 0 Å². The Hall–Kier alpha value is -1.62. The molecule has 1 atom stereocenters. The topological polar surface area (TPSA) is 76.5 Å². The number of ether oxygens (including phenoxy) is 1. The summed E-state index contributed by atoms with van der Waals surface area (Å²) in [5.41, 5.74) is -0.970. The van der Waals surface area contributed by atoms with Crippen LogP contribution in [0.25, 0.3) is 0 Å². The number of carboxylic acids is 1. The van der Waals surface area contributed by atoms with E-state index in [2.05, 4.69) is 4.98 Å². The summed E-state index contributed by atoms with van der Waals surface area (Å²) in [7, 11) is 1.23. The monoisotopic (exact) mass is 311 g/mol. The summed E-state index contributed by atoms with van der Waals surface area (Å²) < 4.78 is 4.82. The molecule has 5 nitrogen and oxygen atoms in total. The van der Waals surface area contributed by atoms with E-state index in [0.29, 0.717) is 23.4 Å². The highest BCUT2D eigenvalue weighted by molar-refractivity contribution is 6.31. The number of esters is 1. The Labute approximate surface area is 128 Å². The molecule has 0 bridgehead atoms. The smallest absolute Gasteiger partial charge is 0.323 e. The predicted octanol–water partition coefficient (Wildman–Crippen LogP) is 2.71. The van der Waals surface area contributed by atoms with E-state index in [4.69, 9.17) is 16.3 Å². The van der Waals surface area contributed by atoms with Gasteiger partial charge in [-0.1, -0.05) is 24.4 Å². The molecule has 0 amide bonds. The molecule has 1 fully saturated rings. The highest BCUT2D eigenvalue weighted by Gasteiger charge is 2.54. The van der Waals surface area contributed by atoms with Crippen LogP contribution in [0.2, 0.25) is 5.02 Å². The summed E-state index contributed by atoms with van der Waals surface area (Å²) in [5, 5.41) is 10.1. The molecule has 1 heterocycles. The zero-order chi connectivity index (χ0) is 15.5. The van der Waals surface area contributed by atoms with Gasteiger partial charge < -0.3 is 9.84 Å². The lowest BCUT2D eigenvalue weighted by atomic mass is 9.70. The zero-order valence-electron chi connectivity index (χ0n) is 11.8. The van der Waals surface area contributed by atoms with Crippen LogP contribution in [0.4, 0.5) is 0 Å². The van der Waals surface area contributed by atoms with Gasteiger partial charge in [0, 0.05) is 18.8 Å². The molecule has 1 aromatic heterocycles. The maximum absolute atomic E-state index is 12.3. The average Bonchev–Trinajstić information content (AvgIpc) is 3.00. The molecular weight excluding hydrogens is 294 g/mol. The number of hydrogen-bond acceptors (Lipinski definition) is 4. The van der Waals surface area contributed by atoms with Crippen LogP contribution in [-0.4, -0.2) is 29.1 Å². The van der Waals surface area contributed by atoms with Crippen LogP contribution in [0.3, 0.4) is 0 Å². The lowest BCUT2D eigenvalue weighted by Gasteiger charge is -2.32. The third-order valence-corrected chi connectivity index (χ3v) is 4.65. The number of carbonyl (C=O) groups excluding carboxylic acids is 1. The first-order chi connectivity index (χ1) is 10.0. The van der Waals surface area contributed by atoms with Gasteiger partial charge in [-0.2, -0.15) is 0 Å². The SMILES string of the molecule is COC(=O)C(Cc1ccncc1Cl)(C(=O)O)C1CCCC1. The number of halogens is 1. The predicted molar refractivity (Wildman–Crippen MR) is 77.0 cm³/mol. The number of nitrogens with zero attached hydrogens (tertiary/aromatic N) is 1. The van der Waals surface area contributed by atoms with Gasteiger partial charge in [0.25, 0.3) is 0 Å². The minimum absolute atomic E-state index is 0.0288. The van der Waals surface area contributed by atoms with Gasteiger partial charge in [0.05, 0.1) is 12.1 Å². The fourth-order valence-corrected chi connectivity index (χ4v) is 3.36. The third kappa shape index (κ3) is 2.88. The molecule has 114 valence electrons. The molecule has 1 aromatic rings. The molecule has 0 saturated heterocycles. The second kappa shape index (κ2) is 6.43. The number of methoxy groups -OCH3 is 1. The fraction of sp³-hybridized carbons (Fsp3) is 0.533. The van der Waals surface area contributed by atoms with Gasteiger partial charge in [0.15, 0.2) is 5.41 Å². The molecule has 1 unspecified atom stereocenters. The van der Waals surface area contributed by atoms with E-state index in [1.165, 1.54) is 13.3 Å². The van der Waals surface area contributed by atoms with Crippen LogP contribution < -0.4 is 0 Å². The van der Waals surface area contributed by atoms with Crippen molar-refractivity contribution in [3.8, 4) is 0 Å². The summed E-state index contributed by atoms with van der Waals surface area (Å²) in [5.74, 6) is -2.07. The molecule has 1 aliphatic carbocycles. The Balaban J connectivity index is 2.46. The van der Waals surface area contributed by atoms with Crippen molar-refractivity contribution < 1.29 is 19.4 Å². The van der Waals surface area contributed by atoms with Crippen molar-refractivity contribution in [1.82, 2.24) is 4.98 Å². The van der Waals surface area contributed by atoms with E-state index in [1.54, 1.807) is 12.3 Å². The minimum Gasteiger partial charge on any atom is -0.480 e. The lowest BCUT2D eigenvalue weighted by molar-refractivity contribution is -0.171. The van der Waals surface area contributed by atoms with Crippen LogP contribution in [0.15, 0.2) is 18.5 Å². The van der Waals surface area contributed by atoms with Crippen LogP contribution in [0.5, 0.6) is 0 Å². The first kappa shape index (κ1) is 15.8. The first-order valence-electron chi connectivity index (χ1n) is 6.92. The molecule has 1 N–H and O–H groups in total. The Morgan fingerprint density at radius 1 is 1.48 bits per heavy atom. The molecule has 6 heteroatoms. The third-order valence-electron chi connectivity index (χ3n) is 4.31. The normalized spacial score (nSPS) is 18.2. The number of carbonyl (C=O) groups is 2. The largest absolute Gasteiger partial charge is 0.480 e. The van der Waals surface area contributed by atoms with E-state index < -0.39 is 17.4 Å². The van der Waals surface area contributed by atoms with Gasteiger partial charge in [-0.25, -0.2) is 0 Å². The van der Waals surface area contributed by atoms with Crippen molar-refractivity contribution in [1.29, 1.82) is 0 Å². The number of hydrogen-bond donors (Lipinski definition) is 1. The lowest BCUT2D eigenvalue weighted by Crippen LogP contribution is -2.47. The van der Waals surface area contributed by atoms with Gasteiger partial charge in [-0.05, 0) is 30.4 Å². The Bertz CT molecular complexity index is 542. The second-order valence-electron chi connectivity index (χ2n) is 5.39. The van der Waals surface area contributed by atoms with Crippen molar-refractivity contribution in [3.05, 3.63) is 29.0 Å².